The van der Waals surface area contributed by atoms with Crippen LogP contribution in [0.1, 0.15) is 17.9 Å². The maximum Gasteiger partial charge on any atom is 0.197 e. The lowest BCUT2D eigenvalue weighted by molar-refractivity contribution is 0.172. The Morgan fingerprint density at radius 2 is 2.00 bits per heavy atom. The molecule has 1 fully saturated rings. The second kappa shape index (κ2) is 6.92. The summed E-state index contributed by atoms with van der Waals surface area (Å²) in [4.78, 5) is 14.7. The lowest BCUT2D eigenvalue weighted by atomic mass is 9.89. The molecule has 0 saturated carbocycles. The van der Waals surface area contributed by atoms with Crippen LogP contribution in [-0.4, -0.2) is 46.5 Å². The highest BCUT2D eigenvalue weighted by molar-refractivity contribution is 5.89. The molecule has 1 aliphatic heterocycles. The van der Waals surface area contributed by atoms with Crippen molar-refractivity contribution < 1.29 is 24.1 Å². The fourth-order valence-corrected chi connectivity index (χ4v) is 4.08. The van der Waals surface area contributed by atoms with Crippen LogP contribution in [0.25, 0.3) is 22.3 Å². The Morgan fingerprint density at radius 3 is 2.71 bits per heavy atom. The van der Waals surface area contributed by atoms with Gasteiger partial charge >= 0.3 is 0 Å². The molecule has 0 radical (unpaired) electrons. The zero-order valence-electron chi connectivity index (χ0n) is 15.2. The van der Waals surface area contributed by atoms with E-state index in [4.69, 9.17) is 4.42 Å². The third kappa shape index (κ3) is 2.93. The number of rotatable bonds is 3. The third-order valence-corrected chi connectivity index (χ3v) is 5.49. The van der Waals surface area contributed by atoms with Crippen molar-refractivity contribution in [2.75, 3.05) is 20.2 Å². The van der Waals surface area contributed by atoms with Crippen molar-refractivity contribution in [2.24, 2.45) is 0 Å². The van der Waals surface area contributed by atoms with E-state index in [2.05, 4.69) is 0 Å². The van der Waals surface area contributed by atoms with Crippen LogP contribution in [0.4, 0.5) is 4.39 Å². The molecule has 146 valence electrons. The molecule has 7 heteroatoms. The van der Waals surface area contributed by atoms with Gasteiger partial charge in [-0.15, -0.1) is 0 Å². The molecule has 3 N–H and O–H groups in total. The lowest BCUT2D eigenvalue weighted by Gasteiger charge is -2.24. The van der Waals surface area contributed by atoms with Crippen LogP contribution < -0.4 is 5.43 Å². The quantitative estimate of drug-likeness (QED) is 0.642. The first-order chi connectivity index (χ1) is 13.4. The van der Waals surface area contributed by atoms with Gasteiger partial charge in [0, 0.05) is 35.2 Å². The molecule has 0 bridgehead atoms. The van der Waals surface area contributed by atoms with Gasteiger partial charge in [-0.2, -0.15) is 0 Å². The first-order valence-corrected chi connectivity index (χ1v) is 9.00. The van der Waals surface area contributed by atoms with Crippen molar-refractivity contribution in [1.82, 2.24) is 4.90 Å². The zero-order chi connectivity index (χ0) is 20.0. The number of likely N-dealkylation sites (tertiary alicyclic amines) is 1. The molecular weight excluding hydrogens is 365 g/mol. The number of aliphatic hydroxyl groups is 1. The number of halogens is 1. The van der Waals surface area contributed by atoms with Crippen LogP contribution in [0.3, 0.4) is 0 Å². The maximum atomic E-state index is 13.6. The van der Waals surface area contributed by atoms with Crippen molar-refractivity contribution in [3.8, 4) is 22.8 Å². The number of likely N-dealkylation sites (N-methyl/N-ethyl adjacent to an activating group) is 1. The minimum absolute atomic E-state index is 0.0424. The number of fused-ring (bicyclic) bond motifs is 1. The summed E-state index contributed by atoms with van der Waals surface area (Å²) in [7, 11) is 1.87. The fourth-order valence-electron chi connectivity index (χ4n) is 4.08. The van der Waals surface area contributed by atoms with Crippen LogP contribution in [0.5, 0.6) is 11.5 Å². The highest BCUT2D eigenvalue weighted by atomic mass is 19.1. The number of phenols is 2. The molecule has 2 aromatic carbocycles. The van der Waals surface area contributed by atoms with E-state index in [1.54, 1.807) is 6.07 Å². The number of aliphatic hydroxyl groups excluding tert-OH is 1. The average molecular weight is 385 g/mol. The molecule has 1 aliphatic rings. The molecule has 28 heavy (non-hydrogen) atoms. The third-order valence-electron chi connectivity index (χ3n) is 5.49. The molecule has 0 amide bonds. The maximum absolute atomic E-state index is 13.6. The molecule has 1 saturated heterocycles. The van der Waals surface area contributed by atoms with Crippen molar-refractivity contribution in [1.29, 1.82) is 0 Å². The Morgan fingerprint density at radius 1 is 1.21 bits per heavy atom. The zero-order valence-corrected chi connectivity index (χ0v) is 15.2. The molecule has 3 aromatic rings. The van der Waals surface area contributed by atoms with E-state index in [1.807, 2.05) is 11.9 Å². The monoisotopic (exact) mass is 385 g/mol. The summed E-state index contributed by atoms with van der Waals surface area (Å²) in [5.41, 5.74) is 0.302. The molecule has 6 nitrogen and oxygen atoms in total. The minimum Gasteiger partial charge on any atom is -0.507 e. The SMILES string of the molecule is CN1CC[C@@H](c2c(O)cc(O)c3c(=O)cc(-c4cccc(F)c4)oc23)[C@@H]1CO. The Kier molecular flexibility index (Phi) is 4.56. The summed E-state index contributed by atoms with van der Waals surface area (Å²) >= 11 is 0. The van der Waals surface area contributed by atoms with Crippen molar-refractivity contribution >= 4 is 11.0 Å². The Bertz CT molecular complexity index is 1110. The second-order valence-electron chi connectivity index (χ2n) is 7.14. The van der Waals surface area contributed by atoms with Crippen LogP contribution in [-0.2, 0) is 0 Å². The van der Waals surface area contributed by atoms with Gasteiger partial charge in [-0.05, 0) is 32.1 Å². The van der Waals surface area contributed by atoms with Gasteiger partial charge in [0.1, 0.15) is 34.0 Å². The normalized spacial score (nSPS) is 20.1. The standard InChI is InChI=1S/C21H20FNO5/c1-23-6-5-13(14(23)10-24)19-15(25)8-16(26)20-17(27)9-18(28-21(19)20)11-3-2-4-12(22)7-11/h2-4,7-9,13-14,24-26H,5-6,10H2,1H3/t13-,14+/m1/s1. The van der Waals surface area contributed by atoms with E-state index in [1.165, 1.54) is 24.3 Å². The summed E-state index contributed by atoms with van der Waals surface area (Å²) in [6.07, 6.45) is 0.642. The van der Waals surface area contributed by atoms with Gasteiger partial charge in [0.05, 0.1) is 6.61 Å². The highest BCUT2D eigenvalue weighted by Crippen LogP contribution is 2.44. The molecule has 2 heterocycles. The van der Waals surface area contributed by atoms with Crippen LogP contribution >= 0.6 is 0 Å². The molecule has 0 spiro atoms. The van der Waals surface area contributed by atoms with Gasteiger partial charge < -0.3 is 24.6 Å². The van der Waals surface area contributed by atoms with E-state index in [0.29, 0.717) is 24.1 Å². The topological polar surface area (TPSA) is 94.1 Å². The van der Waals surface area contributed by atoms with Gasteiger partial charge in [0.2, 0.25) is 0 Å². The number of phenolic OH excluding ortho intramolecular Hbond substituents is 2. The van der Waals surface area contributed by atoms with Crippen molar-refractivity contribution in [3.05, 3.63) is 58.0 Å². The predicted octanol–water partition coefficient (Wildman–Crippen LogP) is 2.79. The van der Waals surface area contributed by atoms with Crippen molar-refractivity contribution in [3.63, 3.8) is 0 Å². The van der Waals surface area contributed by atoms with Crippen molar-refractivity contribution in [2.45, 2.75) is 18.4 Å². The second-order valence-corrected chi connectivity index (χ2v) is 7.14. The van der Waals surface area contributed by atoms with Gasteiger partial charge in [-0.25, -0.2) is 4.39 Å². The molecule has 1 aromatic heterocycles. The van der Waals surface area contributed by atoms with Crippen LogP contribution in [0.15, 0.2) is 45.6 Å². The molecular formula is C21H20FNO5. The smallest absolute Gasteiger partial charge is 0.197 e. The van der Waals surface area contributed by atoms with E-state index in [-0.39, 0.29) is 46.8 Å². The molecule has 4 rings (SSSR count). The minimum atomic E-state index is -0.494. The van der Waals surface area contributed by atoms with E-state index < -0.39 is 11.2 Å². The Hall–Kier alpha value is -2.90. The summed E-state index contributed by atoms with van der Waals surface area (Å²) in [5.74, 6) is -1.22. The van der Waals surface area contributed by atoms with Gasteiger partial charge in [-0.1, -0.05) is 12.1 Å². The fraction of sp³-hybridized carbons (Fsp3) is 0.286. The van der Waals surface area contributed by atoms with Crippen LogP contribution in [0, 0.1) is 5.82 Å². The predicted molar refractivity (Wildman–Crippen MR) is 102 cm³/mol. The van der Waals surface area contributed by atoms with E-state index in [9.17, 15) is 24.5 Å². The van der Waals surface area contributed by atoms with Crippen LogP contribution in [0.2, 0.25) is 0 Å². The number of hydrogen-bond donors (Lipinski definition) is 3. The highest BCUT2D eigenvalue weighted by Gasteiger charge is 2.36. The number of nitrogens with zero attached hydrogens (tertiary/aromatic N) is 1. The van der Waals surface area contributed by atoms with Gasteiger partial charge in [0.15, 0.2) is 5.43 Å². The van der Waals surface area contributed by atoms with E-state index in [0.717, 1.165) is 6.07 Å². The molecule has 0 unspecified atom stereocenters. The summed E-state index contributed by atoms with van der Waals surface area (Å²) in [6, 6.07) is 7.70. The first-order valence-electron chi connectivity index (χ1n) is 9.00. The number of aromatic hydroxyl groups is 2. The largest absolute Gasteiger partial charge is 0.507 e. The first kappa shape index (κ1) is 18.5. The van der Waals surface area contributed by atoms with Gasteiger partial charge in [-0.3, -0.25) is 4.79 Å². The lowest BCUT2D eigenvalue weighted by Crippen LogP contribution is -2.32. The average Bonchev–Trinajstić information content (AvgIpc) is 3.01. The van der Waals surface area contributed by atoms with Gasteiger partial charge in [0.25, 0.3) is 0 Å². The summed E-state index contributed by atoms with van der Waals surface area (Å²) < 4.78 is 19.6. The Balaban J connectivity index is 2.01. The van der Waals surface area contributed by atoms with E-state index >= 15 is 0 Å². The molecule has 2 atom stereocenters. The Labute approximate surface area is 160 Å². The summed E-state index contributed by atoms with van der Waals surface area (Å²) in [6.45, 7) is 0.572. The number of benzene rings is 2. The number of hydrogen-bond acceptors (Lipinski definition) is 6. The molecule has 0 aliphatic carbocycles. The summed E-state index contributed by atoms with van der Waals surface area (Å²) in [5, 5.41) is 30.6.